The first-order chi connectivity index (χ1) is 13.5. The second kappa shape index (κ2) is 6.46. The van der Waals surface area contributed by atoms with Gasteiger partial charge in [0, 0.05) is 31.8 Å². The Balaban J connectivity index is 1.54. The number of nitrogens with zero attached hydrogens (tertiary/aromatic N) is 4. The molecule has 2 aromatic heterocycles. The third kappa shape index (κ3) is 2.65. The van der Waals surface area contributed by atoms with Crippen molar-refractivity contribution in [1.82, 2.24) is 14.9 Å². The summed E-state index contributed by atoms with van der Waals surface area (Å²) >= 11 is 1.55. The Morgan fingerprint density at radius 2 is 2.18 bits per heavy atom. The summed E-state index contributed by atoms with van der Waals surface area (Å²) in [6, 6.07) is 4.59. The van der Waals surface area contributed by atoms with E-state index in [9.17, 15) is 9.90 Å². The first-order valence-electron chi connectivity index (χ1n) is 9.18. The quantitative estimate of drug-likeness (QED) is 0.715. The predicted molar refractivity (Wildman–Crippen MR) is 105 cm³/mol. The zero-order chi connectivity index (χ0) is 19.4. The third-order valence-electron chi connectivity index (χ3n) is 5.67. The minimum absolute atomic E-state index is 0.00812. The van der Waals surface area contributed by atoms with Crippen molar-refractivity contribution in [3.63, 3.8) is 0 Å². The Labute approximate surface area is 165 Å². The molecule has 0 spiro atoms. The molecule has 3 aromatic rings. The molecule has 5 heterocycles. The summed E-state index contributed by atoms with van der Waals surface area (Å²) < 4.78 is 11.7. The maximum atomic E-state index is 11.3. The summed E-state index contributed by atoms with van der Waals surface area (Å²) in [7, 11) is 1.68. The molecule has 0 radical (unpaired) electrons. The minimum atomic E-state index is -0.845. The summed E-state index contributed by atoms with van der Waals surface area (Å²) in [6.45, 7) is 3.19. The Hall–Kier alpha value is -2.65. The lowest BCUT2D eigenvalue weighted by atomic mass is 9.88. The van der Waals surface area contributed by atoms with Crippen LogP contribution in [0.15, 0.2) is 28.1 Å². The third-order valence-corrected chi connectivity index (χ3v) is 6.48. The molecule has 3 atom stereocenters. The minimum Gasteiger partial charge on any atom is -0.465 e. The zero-order valence-corrected chi connectivity index (χ0v) is 16.3. The van der Waals surface area contributed by atoms with Crippen molar-refractivity contribution in [2.24, 2.45) is 0 Å². The Morgan fingerprint density at radius 3 is 2.82 bits per heavy atom. The fraction of sp³-hybridized carbons (Fsp3) is 0.421. The van der Waals surface area contributed by atoms with E-state index in [1.165, 1.54) is 0 Å². The van der Waals surface area contributed by atoms with E-state index in [2.05, 4.69) is 4.98 Å². The zero-order valence-electron chi connectivity index (χ0n) is 15.5. The van der Waals surface area contributed by atoms with Gasteiger partial charge in [-0.2, -0.15) is 4.98 Å². The second-order valence-corrected chi connectivity index (χ2v) is 8.16. The highest BCUT2D eigenvalue weighted by Crippen LogP contribution is 2.39. The molecule has 3 unspecified atom stereocenters. The predicted octanol–water partition coefficient (Wildman–Crippen LogP) is 3.60. The van der Waals surface area contributed by atoms with E-state index in [1.54, 1.807) is 29.5 Å². The molecule has 6 rings (SSSR count). The average Bonchev–Trinajstić information content (AvgIpc) is 3.35. The van der Waals surface area contributed by atoms with Crippen molar-refractivity contribution in [2.75, 3.05) is 25.1 Å². The van der Waals surface area contributed by atoms with Crippen LogP contribution in [0.5, 0.6) is 0 Å². The molecule has 1 aromatic carbocycles. The summed E-state index contributed by atoms with van der Waals surface area (Å²) in [5, 5.41) is 12.1. The number of benzene rings is 1. The van der Waals surface area contributed by atoms with Crippen LogP contribution < -0.4 is 4.90 Å². The number of ether oxygens (including phenoxy) is 1. The Morgan fingerprint density at radius 1 is 1.39 bits per heavy atom. The molecule has 0 saturated carbocycles. The molecule has 28 heavy (non-hydrogen) atoms. The van der Waals surface area contributed by atoms with Crippen LogP contribution in [-0.2, 0) is 4.74 Å². The molecule has 3 fully saturated rings. The number of piperidine rings is 1. The van der Waals surface area contributed by atoms with Gasteiger partial charge < -0.3 is 19.2 Å². The number of hydrogen-bond acceptors (Lipinski definition) is 7. The molecule has 3 aliphatic heterocycles. The molecule has 1 amide bonds. The molecule has 146 valence electrons. The maximum absolute atomic E-state index is 11.3. The van der Waals surface area contributed by atoms with Gasteiger partial charge in [0.1, 0.15) is 10.5 Å². The number of amides is 1. The number of piperazine rings is 1. The molecule has 8 nitrogen and oxygen atoms in total. The molecular weight excluding hydrogens is 380 g/mol. The van der Waals surface area contributed by atoms with E-state index >= 15 is 0 Å². The smallest absolute Gasteiger partial charge is 0.407 e. The van der Waals surface area contributed by atoms with E-state index in [0.29, 0.717) is 24.7 Å². The monoisotopic (exact) mass is 400 g/mol. The highest BCUT2D eigenvalue weighted by molar-refractivity contribution is 7.13. The molecule has 3 saturated heterocycles. The van der Waals surface area contributed by atoms with Crippen molar-refractivity contribution < 1.29 is 19.1 Å². The van der Waals surface area contributed by atoms with Gasteiger partial charge in [-0.3, -0.25) is 4.90 Å². The van der Waals surface area contributed by atoms with E-state index in [4.69, 9.17) is 14.1 Å². The Kier molecular flexibility index (Phi) is 4.02. The van der Waals surface area contributed by atoms with Gasteiger partial charge in [-0.1, -0.05) is 0 Å². The van der Waals surface area contributed by atoms with Gasteiger partial charge in [0.15, 0.2) is 5.58 Å². The lowest BCUT2D eigenvalue weighted by Crippen LogP contribution is -2.70. The number of aromatic nitrogens is 2. The van der Waals surface area contributed by atoms with Gasteiger partial charge in [-0.25, -0.2) is 9.78 Å². The number of thiazole rings is 1. The normalized spacial score (nSPS) is 22.4. The number of carbonyl (C=O) groups is 1. The molecule has 3 aliphatic rings. The second-order valence-electron chi connectivity index (χ2n) is 7.27. The van der Waals surface area contributed by atoms with Crippen molar-refractivity contribution in [3.05, 3.63) is 29.3 Å². The standard InChI is InChI=1S/C19H20N4O4S/c1-10(26-2)11-5-14(17-20-3-4-28-17)16-15(6-11)21-18(27-16)22-8-12-7-13(9-22)23(12)19(24)25/h3-6,10,12-13H,7-9H2,1-2H3,(H,24,25). The van der Waals surface area contributed by atoms with E-state index < -0.39 is 6.09 Å². The lowest BCUT2D eigenvalue weighted by Gasteiger charge is -2.54. The molecule has 2 bridgehead atoms. The van der Waals surface area contributed by atoms with E-state index in [0.717, 1.165) is 28.1 Å². The first kappa shape index (κ1) is 17.4. The number of carboxylic acid groups (broad SMARTS) is 1. The van der Waals surface area contributed by atoms with Crippen LogP contribution in [-0.4, -0.2) is 58.4 Å². The fourth-order valence-corrected chi connectivity index (χ4v) is 4.79. The largest absolute Gasteiger partial charge is 0.465 e. The van der Waals surface area contributed by atoms with Crippen LogP contribution in [0.25, 0.3) is 21.7 Å². The molecule has 0 aliphatic carbocycles. The van der Waals surface area contributed by atoms with Crippen LogP contribution in [0, 0.1) is 0 Å². The van der Waals surface area contributed by atoms with Crippen molar-refractivity contribution >= 4 is 34.5 Å². The average molecular weight is 400 g/mol. The highest BCUT2D eigenvalue weighted by atomic mass is 32.1. The van der Waals surface area contributed by atoms with Crippen LogP contribution in [0.1, 0.15) is 25.0 Å². The molecule has 9 heteroatoms. The number of oxazole rings is 1. The van der Waals surface area contributed by atoms with Gasteiger partial charge in [0.2, 0.25) is 0 Å². The van der Waals surface area contributed by atoms with Crippen LogP contribution >= 0.6 is 11.3 Å². The number of methoxy groups -OCH3 is 1. The summed E-state index contributed by atoms with van der Waals surface area (Å²) in [5.74, 6) is 0. The summed E-state index contributed by atoms with van der Waals surface area (Å²) in [4.78, 5) is 24.1. The van der Waals surface area contributed by atoms with Crippen molar-refractivity contribution in [3.8, 4) is 10.6 Å². The maximum Gasteiger partial charge on any atom is 0.407 e. The number of hydrogen-bond donors (Lipinski definition) is 1. The van der Waals surface area contributed by atoms with Crippen molar-refractivity contribution in [2.45, 2.75) is 31.5 Å². The van der Waals surface area contributed by atoms with Gasteiger partial charge >= 0.3 is 6.09 Å². The van der Waals surface area contributed by atoms with E-state index in [1.807, 2.05) is 29.3 Å². The van der Waals surface area contributed by atoms with Crippen LogP contribution in [0.4, 0.5) is 10.8 Å². The van der Waals surface area contributed by atoms with E-state index in [-0.39, 0.29) is 18.2 Å². The van der Waals surface area contributed by atoms with Gasteiger partial charge in [0.05, 0.1) is 23.8 Å². The summed E-state index contributed by atoms with van der Waals surface area (Å²) in [6.07, 6.45) is 1.76. The summed E-state index contributed by atoms with van der Waals surface area (Å²) in [5.41, 5.74) is 3.38. The van der Waals surface area contributed by atoms with Crippen LogP contribution in [0.3, 0.4) is 0 Å². The lowest BCUT2D eigenvalue weighted by molar-refractivity contribution is 0.0101. The topological polar surface area (TPSA) is 91.9 Å². The number of rotatable bonds is 4. The number of fused-ring (bicyclic) bond motifs is 3. The van der Waals surface area contributed by atoms with Crippen LogP contribution in [0.2, 0.25) is 0 Å². The highest BCUT2D eigenvalue weighted by Gasteiger charge is 2.48. The van der Waals surface area contributed by atoms with Gasteiger partial charge in [-0.15, -0.1) is 11.3 Å². The molecule has 1 N–H and O–H groups in total. The van der Waals surface area contributed by atoms with Crippen molar-refractivity contribution in [1.29, 1.82) is 0 Å². The van der Waals surface area contributed by atoms with Gasteiger partial charge in [-0.05, 0) is 31.0 Å². The fourth-order valence-electron chi connectivity index (χ4n) is 4.14. The Bertz CT molecular complexity index is 1020. The molecular formula is C19H20N4O4S. The first-order valence-corrected chi connectivity index (χ1v) is 10.1. The SMILES string of the molecule is COC(C)c1cc(-c2nccs2)c2oc(N3CC4CC(C3)N4C(=O)O)nc2c1. The number of anilines is 1. The van der Waals surface area contributed by atoms with Gasteiger partial charge in [0.25, 0.3) is 6.01 Å².